The first-order valence-electron chi connectivity index (χ1n) is 15.7. The highest BCUT2D eigenvalue weighted by molar-refractivity contribution is 5.73. The number of ether oxygens (including phenoxy) is 1. The molecule has 8 nitrogen and oxygen atoms in total. The number of hydrogen-bond donors (Lipinski definition) is 5. The Bertz CT molecular complexity index is 2140. The molecule has 0 saturated carbocycles. The molecule has 5 rings (SSSR count). The second-order valence-corrected chi connectivity index (χ2v) is 13.1. The fourth-order valence-electron chi connectivity index (χ4n) is 6.31. The number of hydrogen-bond acceptors (Lipinski definition) is 3. The zero-order valence-corrected chi connectivity index (χ0v) is 27.9. The Morgan fingerprint density at radius 3 is 1.87 bits per heavy atom. The topological polar surface area (TPSA) is 127 Å². The van der Waals surface area contributed by atoms with Crippen LogP contribution in [0.5, 0.6) is 0 Å². The molecule has 0 fully saturated rings. The van der Waals surface area contributed by atoms with Crippen molar-refractivity contribution in [1.29, 1.82) is 0 Å². The molecule has 0 saturated heterocycles. The van der Waals surface area contributed by atoms with E-state index < -0.39 is 11.6 Å². The normalized spacial score (nSPS) is 12.4. The van der Waals surface area contributed by atoms with Gasteiger partial charge in [-0.2, -0.15) is 0 Å². The minimum atomic E-state index is -0.851. The zero-order valence-electron chi connectivity index (χ0n) is 27.9. The van der Waals surface area contributed by atoms with Crippen LogP contribution >= 0.6 is 0 Å². The number of carboxylic acid groups (broad SMARTS) is 1. The monoisotopic (exact) mass is 620 g/mol. The fourth-order valence-corrected chi connectivity index (χ4v) is 6.31. The number of carbonyl (C=O) groups is 2. The number of aromatic nitrogens is 4. The Kier molecular flexibility index (Phi) is 8.76. The third-order valence-corrected chi connectivity index (χ3v) is 8.79. The average Bonchev–Trinajstić information content (AvgIpc) is 3.63. The molecule has 4 aromatic heterocycles. The van der Waals surface area contributed by atoms with E-state index >= 15 is 0 Å². The van der Waals surface area contributed by atoms with Crippen molar-refractivity contribution < 1.29 is 19.4 Å². The van der Waals surface area contributed by atoms with Crippen molar-refractivity contribution in [3.8, 4) is 0 Å². The lowest BCUT2D eigenvalue weighted by atomic mass is 10.0. The van der Waals surface area contributed by atoms with E-state index in [0.29, 0.717) is 12.8 Å². The van der Waals surface area contributed by atoms with E-state index in [2.05, 4.69) is 72.1 Å². The molecule has 0 spiro atoms. The predicted molar refractivity (Wildman–Crippen MR) is 185 cm³/mol. The van der Waals surface area contributed by atoms with Gasteiger partial charge in [0.05, 0.1) is 0 Å². The van der Waals surface area contributed by atoms with Gasteiger partial charge in [-0.05, 0) is 119 Å². The van der Waals surface area contributed by atoms with Crippen molar-refractivity contribution in [2.45, 2.75) is 79.8 Å². The molecule has 0 aromatic carbocycles. The lowest BCUT2D eigenvalue weighted by Gasteiger charge is -2.19. The van der Waals surface area contributed by atoms with Crippen LogP contribution in [0, 0.1) is 27.7 Å². The van der Waals surface area contributed by atoms with Crippen LogP contribution in [0.4, 0.5) is 0 Å². The van der Waals surface area contributed by atoms with Crippen LogP contribution in [-0.4, -0.2) is 42.6 Å². The van der Waals surface area contributed by atoms with Gasteiger partial charge in [-0.25, -0.2) is 0 Å². The number of H-pyrrole nitrogens is 4. The molecule has 46 heavy (non-hydrogen) atoms. The van der Waals surface area contributed by atoms with Crippen LogP contribution in [0.2, 0.25) is 0 Å². The molecule has 0 unspecified atom stereocenters. The summed E-state index contributed by atoms with van der Waals surface area (Å²) in [6.07, 6.45) is 13.1. The smallest absolute Gasteiger partial charge is 0.306 e. The van der Waals surface area contributed by atoms with Gasteiger partial charge in [0.25, 0.3) is 0 Å². The summed E-state index contributed by atoms with van der Waals surface area (Å²) < 4.78 is 5.62. The standard InChI is InChI=1S/C38H44N4O4/c1-10-24-20(3)28-16-29-22(5)26(12-14-36(43)44)34(41-29)19-35-27(13-15-37(45)46-38(7,8)9)23(6)31(42-35)18-33-25(11-2)21(4)30(40-33)17-32(24)39-28/h10-11,16-19,39-42H,1-2,12-15H2,3-9H3,(H,43,44). The molecule has 4 aromatic rings. The van der Waals surface area contributed by atoms with E-state index in [1.54, 1.807) is 0 Å². The first-order valence-corrected chi connectivity index (χ1v) is 15.7. The van der Waals surface area contributed by atoms with Crippen molar-refractivity contribution in [3.63, 3.8) is 0 Å². The molecule has 5 heterocycles. The number of nitrogens with one attached hydrogen (secondary N) is 4. The molecule has 5 N–H and O–H groups in total. The maximum Gasteiger partial charge on any atom is 0.306 e. The second-order valence-electron chi connectivity index (χ2n) is 13.1. The lowest BCUT2D eigenvalue weighted by Crippen LogP contribution is -2.24. The Hall–Kier alpha value is -4.98. The minimum absolute atomic E-state index is 0.00707. The Morgan fingerprint density at radius 2 is 1.22 bits per heavy atom. The number of esters is 1. The van der Waals surface area contributed by atoms with E-state index in [4.69, 9.17) is 4.74 Å². The molecule has 0 aliphatic carbocycles. The van der Waals surface area contributed by atoms with Gasteiger partial charge in [0.15, 0.2) is 0 Å². The fraction of sp³-hybridized carbons (Fsp3) is 0.316. The highest BCUT2D eigenvalue weighted by Gasteiger charge is 2.20. The van der Waals surface area contributed by atoms with Crippen LogP contribution in [-0.2, 0) is 27.2 Å². The quantitative estimate of drug-likeness (QED) is 0.165. The summed E-state index contributed by atoms with van der Waals surface area (Å²) in [6.45, 7) is 22.0. The molecular formula is C38H44N4O4. The summed E-state index contributed by atoms with van der Waals surface area (Å²) in [5, 5.41) is 13.1. The van der Waals surface area contributed by atoms with E-state index in [1.165, 1.54) is 0 Å². The number of fused-ring (bicyclic) bond motifs is 8. The Balaban J connectivity index is 1.84. The Morgan fingerprint density at radius 1 is 0.674 bits per heavy atom. The number of rotatable bonds is 8. The van der Waals surface area contributed by atoms with Crippen molar-refractivity contribution in [3.05, 3.63) is 102 Å². The van der Waals surface area contributed by atoms with Gasteiger partial charge < -0.3 is 29.8 Å². The lowest BCUT2D eigenvalue weighted by molar-refractivity contribution is -0.154. The molecule has 8 bridgehead atoms. The van der Waals surface area contributed by atoms with Crippen LogP contribution < -0.4 is 21.4 Å². The highest BCUT2D eigenvalue weighted by Crippen LogP contribution is 2.24. The average molecular weight is 621 g/mol. The summed E-state index contributed by atoms with van der Waals surface area (Å²) in [6, 6.07) is 0. The van der Waals surface area contributed by atoms with Gasteiger partial charge in [0, 0.05) is 68.1 Å². The van der Waals surface area contributed by atoms with E-state index in [-0.39, 0.29) is 18.8 Å². The summed E-state index contributed by atoms with van der Waals surface area (Å²) in [5.41, 5.74) is 11.1. The molecular weight excluding hydrogens is 576 g/mol. The van der Waals surface area contributed by atoms with Crippen molar-refractivity contribution in [1.82, 2.24) is 19.9 Å². The van der Waals surface area contributed by atoms with Crippen molar-refractivity contribution in [2.24, 2.45) is 0 Å². The van der Waals surface area contributed by atoms with Crippen LogP contribution in [0.1, 0.15) is 101 Å². The predicted octanol–water partition coefficient (Wildman–Crippen LogP) is 4.44. The molecule has 1 aliphatic rings. The zero-order chi connectivity index (χ0) is 33.5. The van der Waals surface area contributed by atoms with Gasteiger partial charge in [-0.1, -0.05) is 25.3 Å². The van der Waals surface area contributed by atoms with Crippen molar-refractivity contribution in [2.75, 3.05) is 0 Å². The van der Waals surface area contributed by atoms with E-state index in [9.17, 15) is 14.7 Å². The van der Waals surface area contributed by atoms with Gasteiger partial charge in [0.1, 0.15) is 5.60 Å². The van der Waals surface area contributed by atoms with Crippen molar-refractivity contribution >= 4 is 48.4 Å². The van der Waals surface area contributed by atoms with Crippen LogP contribution in [0.25, 0.3) is 36.5 Å². The molecule has 8 heteroatoms. The van der Waals surface area contributed by atoms with Gasteiger partial charge in [0.2, 0.25) is 0 Å². The molecule has 1 aliphatic heterocycles. The molecule has 0 atom stereocenters. The third kappa shape index (κ3) is 6.38. The number of aliphatic carboxylic acids is 1. The summed E-state index contributed by atoms with van der Waals surface area (Å²) in [5.74, 6) is -1.11. The number of carboxylic acids is 1. The first kappa shape index (κ1) is 32.4. The Labute approximate surface area is 269 Å². The van der Waals surface area contributed by atoms with Gasteiger partial charge in [-0.3, -0.25) is 9.59 Å². The van der Waals surface area contributed by atoms with Crippen LogP contribution in [0.15, 0.2) is 13.2 Å². The van der Waals surface area contributed by atoms with E-state index in [1.807, 2.05) is 45.9 Å². The summed E-state index contributed by atoms with van der Waals surface area (Å²) in [4.78, 5) is 38.8. The maximum atomic E-state index is 12.8. The van der Waals surface area contributed by atoms with Gasteiger partial charge >= 0.3 is 11.9 Å². The molecule has 240 valence electrons. The molecule has 0 amide bonds. The minimum Gasteiger partial charge on any atom is -0.481 e. The highest BCUT2D eigenvalue weighted by atomic mass is 16.6. The van der Waals surface area contributed by atoms with Gasteiger partial charge in [-0.15, -0.1) is 0 Å². The van der Waals surface area contributed by atoms with E-state index in [0.717, 1.165) is 88.7 Å². The van der Waals surface area contributed by atoms with Crippen LogP contribution in [0.3, 0.4) is 0 Å². The first-order chi connectivity index (χ1) is 21.7. The second kappa shape index (κ2) is 12.4. The SMILES string of the molecule is C=Cc1c2[nH]c(c1C)C=c1[nH]c(c(CCC(=O)O)c1C)=Cc1[nH]c(c(C)c1CCC(=O)OC(C)(C)C)C=c1[nH]c(c(C)c1C=C)=C2. The largest absolute Gasteiger partial charge is 0.481 e. The number of carbonyl (C=O) groups excluding carboxylic acids is 1. The molecule has 0 radical (unpaired) electrons. The number of aromatic amines is 4. The summed E-state index contributed by atoms with van der Waals surface area (Å²) in [7, 11) is 0. The summed E-state index contributed by atoms with van der Waals surface area (Å²) >= 11 is 0. The maximum absolute atomic E-state index is 12.8. The third-order valence-electron chi connectivity index (χ3n) is 8.79.